The van der Waals surface area contributed by atoms with Gasteiger partial charge in [0, 0.05) is 10.8 Å². The van der Waals surface area contributed by atoms with Gasteiger partial charge < -0.3 is 0 Å². The van der Waals surface area contributed by atoms with Gasteiger partial charge in [0.25, 0.3) is 0 Å². The first-order chi connectivity index (χ1) is 12.8. The summed E-state index contributed by atoms with van der Waals surface area (Å²) in [6, 6.07) is 4.48. The molecule has 3 heteroatoms. The van der Waals surface area contributed by atoms with E-state index in [1.165, 1.54) is 5.56 Å². The smallest absolute Gasteiger partial charge is 0.151 e. The van der Waals surface area contributed by atoms with Gasteiger partial charge in [-0.2, -0.15) is 0 Å². The second-order valence-corrected chi connectivity index (χ2v) is 12.2. The molecule has 1 saturated carbocycles. The summed E-state index contributed by atoms with van der Waals surface area (Å²) in [7, 11) is -1.32. The molecule has 2 rings (SSSR count). The molecule has 1 fully saturated rings. The van der Waals surface area contributed by atoms with E-state index >= 15 is 0 Å². The van der Waals surface area contributed by atoms with Crippen LogP contribution in [0.5, 0.6) is 0 Å². The fraction of sp³-hybridized carbons (Fsp3) is 0.720. The molecule has 1 aromatic rings. The van der Waals surface area contributed by atoms with Crippen molar-refractivity contribution in [1.29, 1.82) is 0 Å². The standard InChI is InChI=1S/C25H40O2S/c1-14(2)18-12-19(15(3)4)23(20(13-18)16(5)6)28(27)24-21(25(8,9)10)11-17(7)22(24)26/h12-17,21,24H,11H2,1-10H3/t17-,21+,24-,28?/m1/s1. The van der Waals surface area contributed by atoms with Crippen molar-refractivity contribution >= 4 is 16.6 Å². The highest BCUT2D eigenvalue weighted by molar-refractivity contribution is 7.86. The van der Waals surface area contributed by atoms with Crippen molar-refractivity contribution in [3.05, 3.63) is 28.8 Å². The van der Waals surface area contributed by atoms with Gasteiger partial charge in [-0.25, -0.2) is 0 Å². The molecule has 0 spiro atoms. The predicted molar refractivity (Wildman–Crippen MR) is 121 cm³/mol. The Balaban J connectivity index is 2.71. The minimum Gasteiger partial charge on any atom is -0.298 e. The van der Waals surface area contributed by atoms with Crippen molar-refractivity contribution in [2.45, 2.75) is 104 Å². The van der Waals surface area contributed by atoms with Gasteiger partial charge in [0.2, 0.25) is 0 Å². The average Bonchev–Trinajstić information content (AvgIpc) is 2.88. The Kier molecular flexibility index (Phi) is 7.01. The number of hydrogen-bond acceptors (Lipinski definition) is 2. The number of benzene rings is 1. The summed E-state index contributed by atoms with van der Waals surface area (Å²) in [5.41, 5.74) is 3.59. The zero-order chi connectivity index (χ0) is 21.5. The summed E-state index contributed by atoms with van der Waals surface area (Å²) < 4.78 is 14.1. The maximum atomic E-state index is 14.1. The van der Waals surface area contributed by atoms with E-state index in [9.17, 15) is 9.00 Å². The summed E-state index contributed by atoms with van der Waals surface area (Å²) in [5, 5.41) is -0.394. The van der Waals surface area contributed by atoms with Crippen molar-refractivity contribution < 1.29 is 9.00 Å². The second-order valence-electron chi connectivity index (χ2n) is 10.7. The first-order valence-corrected chi connectivity index (χ1v) is 12.1. The maximum Gasteiger partial charge on any atom is 0.151 e. The normalized spacial score (nSPS) is 24.6. The number of carbonyl (C=O) groups is 1. The molecular formula is C25H40O2S. The summed E-state index contributed by atoms with van der Waals surface area (Å²) in [6.07, 6.45) is 0.844. The molecule has 0 N–H and O–H groups in total. The van der Waals surface area contributed by atoms with Gasteiger partial charge in [-0.3, -0.25) is 9.00 Å². The maximum absolute atomic E-state index is 14.1. The largest absolute Gasteiger partial charge is 0.298 e. The number of ketones is 1. The lowest BCUT2D eigenvalue weighted by molar-refractivity contribution is -0.120. The minimum absolute atomic E-state index is 0.00175. The second kappa shape index (κ2) is 8.42. The topological polar surface area (TPSA) is 34.1 Å². The predicted octanol–water partition coefficient (Wildman–Crippen LogP) is 6.80. The van der Waals surface area contributed by atoms with E-state index in [1.54, 1.807) is 0 Å². The molecule has 0 aliphatic heterocycles. The third kappa shape index (κ3) is 4.45. The van der Waals surface area contributed by atoms with Crippen LogP contribution in [0.4, 0.5) is 0 Å². The molecule has 1 aliphatic rings. The Morgan fingerprint density at radius 2 is 1.39 bits per heavy atom. The lowest BCUT2D eigenvalue weighted by atomic mass is 9.79. The molecule has 158 valence electrons. The van der Waals surface area contributed by atoms with Crippen LogP contribution in [-0.4, -0.2) is 15.2 Å². The minimum atomic E-state index is -1.32. The molecular weight excluding hydrogens is 364 g/mol. The Bertz CT molecular complexity index is 723. The van der Waals surface area contributed by atoms with Gasteiger partial charge in [0.05, 0.1) is 10.8 Å². The van der Waals surface area contributed by atoms with Crippen LogP contribution in [0.25, 0.3) is 0 Å². The monoisotopic (exact) mass is 404 g/mol. The Hall–Kier alpha value is -0.960. The van der Waals surface area contributed by atoms with Crippen LogP contribution in [0.2, 0.25) is 0 Å². The van der Waals surface area contributed by atoms with Crippen LogP contribution in [-0.2, 0) is 15.6 Å². The highest BCUT2D eigenvalue weighted by Crippen LogP contribution is 2.46. The van der Waals surface area contributed by atoms with Crippen LogP contribution in [0.3, 0.4) is 0 Å². The molecule has 1 aliphatic carbocycles. The van der Waals surface area contributed by atoms with E-state index in [4.69, 9.17) is 0 Å². The van der Waals surface area contributed by atoms with Gasteiger partial charge in [-0.15, -0.1) is 0 Å². The van der Waals surface area contributed by atoms with Crippen molar-refractivity contribution in [2.24, 2.45) is 17.3 Å². The third-order valence-electron chi connectivity index (χ3n) is 6.36. The van der Waals surface area contributed by atoms with Gasteiger partial charge >= 0.3 is 0 Å². The van der Waals surface area contributed by atoms with E-state index in [1.807, 2.05) is 6.92 Å². The molecule has 0 heterocycles. The highest BCUT2D eigenvalue weighted by Gasteiger charge is 2.49. The fourth-order valence-electron chi connectivity index (χ4n) is 4.41. The van der Waals surface area contributed by atoms with Crippen LogP contribution in [0.15, 0.2) is 17.0 Å². The van der Waals surface area contributed by atoms with E-state index < -0.39 is 16.0 Å². The van der Waals surface area contributed by atoms with Gasteiger partial charge in [0.15, 0.2) is 5.78 Å². The number of hydrogen-bond donors (Lipinski definition) is 0. The van der Waals surface area contributed by atoms with Gasteiger partial charge in [-0.1, -0.05) is 81.4 Å². The molecule has 4 atom stereocenters. The van der Waals surface area contributed by atoms with E-state index in [0.29, 0.717) is 5.92 Å². The molecule has 2 nitrogen and oxygen atoms in total. The zero-order valence-corrected chi connectivity index (χ0v) is 20.4. The van der Waals surface area contributed by atoms with E-state index in [2.05, 4.69) is 74.4 Å². The summed E-state index contributed by atoms with van der Waals surface area (Å²) in [5.74, 6) is 1.32. The number of rotatable bonds is 5. The molecule has 0 aromatic heterocycles. The van der Waals surface area contributed by atoms with Crippen molar-refractivity contribution in [3.63, 3.8) is 0 Å². The molecule has 0 bridgehead atoms. The first-order valence-electron chi connectivity index (χ1n) is 10.9. The molecule has 1 aromatic carbocycles. The highest BCUT2D eigenvalue weighted by atomic mass is 32.2. The average molecular weight is 405 g/mol. The summed E-state index contributed by atoms with van der Waals surface area (Å²) >= 11 is 0. The Morgan fingerprint density at radius 1 is 0.929 bits per heavy atom. The Labute approximate surface area is 175 Å². The van der Waals surface area contributed by atoms with Gasteiger partial charge in [0.1, 0.15) is 5.25 Å². The lowest BCUT2D eigenvalue weighted by Gasteiger charge is -2.32. The van der Waals surface area contributed by atoms with Crippen LogP contribution < -0.4 is 0 Å². The van der Waals surface area contributed by atoms with E-state index in [-0.39, 0.29) is 34.9 Å². The van der Waals surface area contributed by atoms with Crippen LogP contribution in [0, 0.1) is 17.3 Å². The molecule has 0 radical (unpaired) electrons. The Morgan fingerprint density at radius 3 is 1.75 bits per heavy atom. The van der Waals surface area contributed by atoms with E-state index in [0.717, 1.165) is 22.4 Å². The third-order valence-corrected chi connectivity index (χ3v) is 8.26. The quantitative estimate of drug-likeness (QED) is 0.540. The number of carbonyl (C=O) groups excluding carboxylic acids is 1. The zero-order valence-electron chi connectivity index (χ0n) is 19.6. The summed E-state index contributed by atoms with van der Waals surface area (Å²) in [4.78, 5) is 14.1. The molecule has 28 heavy (non-hydrogen) atoms. The first kappa shape index (κ1) is 23.3. The van der Waals surface area contributed by atoms with Gasteiger partial charge in [-0.05, 0) is 52.2 Å². The SMILES string of the molecule is CC(C)c1cc(C(C)C)c(S(=O)[C@H]2C(=O)[C@H](C)C[C@@H]2C(C)(C)C)c(C(C)C)c1. The number of Topliss-reactive ketones (excluding diaryl/α,β-unsaturated/α-hetero) is 1. The van der Waals surface area contributed by atoms with Crippen LogP contribution >= 0.6 is 0 Å². The molecule has 0 saturated heterocycles. The van der Waals surface area contributed by atoms with Crippen molar-refractivity contribution in [1.82, 2.24) is 0 Å². The fourth-order valence-corrected chi connectivity index (χ4v) is 6.98. The molecule has 1 unspecified atom stereocenters. The lowest BCUT2D eigenvalue weighted by Crippen LogP contribution is -2.36. The van der Waals surface area contributed by atoms with Crippen molar-refractivity contribution in [2.75, 3.05) is 0 Å². The molecule has 0 amide bonds. The van der Waals surface area contributed by atoms with Crippen molar-refractivity contribution in [3.8, 4) is 0 Å². The summed E-state index contributed by atoms with van der Waals surface area (Å²) in [6.45, 7) is 21.7. The van der Waals surface area contributed by atoms with Crippen LogP contribution in [0.1, 0.15) is 110 Å².